The fourth-order valence-corrected chi connectivity index (χ4v) is 2.57. The molecule has 0 fully saturated rings. The monoisotopic (exact) mass is 275 g/mol. The second-order valence-electron chi connectivity index (χ2n) is 4.70. The average Bonchev–Trinajstić information content (AvgIpc) is 2.36. The highest BCUT2D eigenvalue weighted by atomic mass is 32.2. The summed E-state index contributed by atoms with van der Waals surface area (Å²) in [5.74, 6) is 2.22. The maximum absolute atomic E-state index is 12.0. The van der Waals surface area contributed by atoms with Crippen LogP contribution in [0, 0.1) is 0 Å². The van der Waals surface area contributed by atoms with E-state index in [-0.39, 0.29) is 5.97 Å². The number of rotatable bonds is 11. The van der Waals surface area contributed by atoms with Gasteiger partial charge in [0.25, 0.3) is 0 Å². The lowest BCUT2D eigenvalue weighted by atomic mass is 9.96. The maximum atomic E-state index is 12.0. The summed E-state index contributed by atoms with van der Waals surface area (Å²) in [4.78, 5) is 12.0. The molecule has 0 aromatic heterocycles. The van der Waals surface area contributed by atoms with E-state index in [2.05, 4.69) is 19.2 Å². The highest BCUT2D eigenvalue weighted by molar-refractivity contribution is 7.99. The summed E-state index contributed by atoms with van der Waals surface area (Å²) in [5, 5.41) is 3.34. The largest absolute Gasteiger partial charge is 0.465 e. The first-order valence-corrected chi connectivity index (χ1v) is 8.26. The molecular weight excluding hydrogens is 246 g/mol. The van der Waals surface area contributed by atoms with Gasteiger partial charge >= 0.3 is 5.97 Å². The number of hydrogen-bond donors (Lipinski definition) is 1. The summed E-state index contributed by atoms with van der Waals surface area (Å²) >= 11 is 1.96. The van der Waals surface area contributed by atoms with Crippen molar-refractivity contribution in [1.82, 2.24) is 5.32 Å². The summed E-state index contributed by atoms with van der Waals surface area (Å²) in [7, 11) is 0. The van der Waals surface area contributed by atoms with E-state index >= 15 is 0 Å². The predicted molar refractivity (Wildman–Crippen MR) is 80.2 cm³/mol. The van der Waals surface area contributed by atoms with Gasteiger partial charge in [0, 0.05) is 0 Å². The average molecular weight is 275 g/mol. The van der Waals surface area contributed by atoms with E-state index in [4.69, 9.17) is 4.74 Å². The minimum absolute atomic E-state index is 0.112. The quantitative estimate of drug-likeness (QED) is 0.464. The highest BCUT2D eigenvalue weighted by Crippen LogP contribution is 2.17. The lowest BCUT2D eigenvalue weighted by molar-refractivity contribution is -0.150. The molecule has 0 aliphatic carbocycles. The second kappa shape index (κ2) is 10.7. The van der Waals surface area contributed by atoms with E-state index in [1.165, 1.54) is 12.2 Å². The van der Waals surface area contributed by atoms with Crippen LogP contribution in [-0.2, 0) is 9.53 Å². The van der Waals surface area contributed by atoms with Crippen molar-refractivity contribution in [3.05, 3.63) is 0 Å². The van der Waals surface area contributed by atoms with E-state index in [0.717, 1.165) is 31.6 Å². The van der Waals surface area contributed by atoms with Crippen LogP contribution >= 0.6 is 11.8 Å². The minimum Gasteiger partial charge on any atom is -0.465 e. The molecule has 0 heterocycles. The molecule has 0 saturated heterocycles. The minimum atomic E-state index is -0.515. The summed E-state index contributed by atoms with van der Waals surface area (Å²) in [6.45, 7) is 9.43. The molecule has 0 aliphatic rings. The zero-order chi connectivity index (χ0) is 13.9. The Morgan fingerprint density at radius 1 is 1.22 bits per heavy atom. The van der Waals surface area contributed by atoms with Crippen LogP contribution in [0.2, 0.25) is 0 Å². The van der Waals surface area contributed by atoms with E-state index in [1.807, 2.05) is 25.6 Å². The topological polar surface area (TPSA) is 38.3 Å². The third-order valence-electron chi connectivity index (χ3n) is 2.81. The zero-order valence-corrected chi connectivity index (χ0v) is 13.2. The first-order chi connectivity index (χ1) is 8.60. The zero-order valence-electron chi connectivity index (χ0n) is 12.4. The van der Waals surface area contributed by atoms with Gasteiger partial charge in [-0.2, -0.15) is 11.8 Å². The summed E-state index contributed by atoms with van der Waals surface area (Å²) < 4.78 is 5.17. The van der Waals surface area contributed by atoms with Gasteiger partial charge in [0.2, 0.25) is 0 Å². The van der Waals surface area contributed by atoms with Gasteiger partial charge in [-0.05, 0) is 57.6 Å². The molecule has 0 saturated carbocycles. The van der Waals surface area contributed by atoms with Crippen molar-refractivity contribution in [2.24, 2.45) is 0 Å². The number of esters is 1. The van der Waals surface area contributed by atoms with Crippen molar-refractivity contribution in [2.75, 3.05) is 24.7 Å². The van der Waals surface area contributed by atoms with E-state index in [9.17, 15) is 4.79 Å². The Bertz CT molecular complexity index is 224. The van der Waals surface area contributed by atoms with Crippen molar-refractivity contribution in [3.63, 3.8) is 0 Å². The first-order valence-electron chi connectivity index (χ1n) is 7.10. The first kappa shape index (κ1) is 17.8. The number of ether oxygens (including phenoxy) is 1. The van der Waals surface area contributed by atoms with Gasteiger partial charge in [-0.1, -0.05) is 13.8 Å². The molecular formula is C14H29NO2S. The summed E-state index contributed by atoms with van der Waals surface area (Å²) in [6.07, 6.45) is 4.15. The molecule has 0 spiro atoms. The van der Waals surface area contributed by atoms with Crippen LogP contribution in [0.4, 0.5) is 0 Å². The fraction of sp³-hybridized carbons (Fsp3) is 0.929. The molecule has 0 aromatic rings. The normalized spacial score (nSPS) is 14.2. The second-order valence-corrected chi connectivity index (χ2v) is 5.92. The molecule has 4 heteroatoms. The van der Waals surface area contributed by atoms with Crippen LogP contribution < -0.4 is 5.32 Å². The molecule has 0 aromatic carbocycles. The smallest absolute Gasteiger partial charge is 0.326 e. The molecule has 1 atom stereocenters. The van der Waals surface area contributed by atoms with Crippen molar-refractivity contribution in [1.29, 1.82) is 0 Å². The van der Waals surface area contributed by atoms with Crippen molar-refractivity contribution in [2.45, 2.75) is 58.9 Å². The SMILES string of the molecule is CCCNC(C)(CCCSCCC)C(=O)OCC. The molecule has 1 N–H and O–H groups in total. The van der Waals surface area contributed by atoms with Crippen molar-refractivity contribution < 1.29 is 9.53 Å². The van der Waals surface area contributed by atoms with E-state index in [0.29, 0.717) is 6.61 Å². The van der Waals surface area contributed by atoms with Gasteiger partial charge in [-0.25, -0.2) is 0 Å². The number of hydrogen-bond acceptors (Lipinski definition) is 4. The van der Waals surface area contributed by atoms with Crippen LogP contribution in [0.3, 0.4) is 0 Å². The Morgan fingerprint density at radius 3 is 2.50 bits per heavy atom. The Balaban J connectivity index is 4.15. The van der Waals surface area contributed by atoms with Gasteiger partial charge in [0.15, 0.2) is 0 Å². The third-order valence-corrected chi connectivity index (χ3v) is 4.08. The van der Waals surface area contributed by atoms with E-state index < -0.39 is 5.54 Å². The van der Waals surface area contributed by atoms with Crippen LogP contribution in [-0.4, -0.2) is 36.2 Å². The Morgan fingerprint density at radius 2 is 1.94 bits per heavy atom. The van der Waals surface area contributed by atoms with Crippen molar-refractivity contribution >= 4 is 17.7 Å². The predicted octanol–water partition coefficient (Wildman–Crippen LogP) is 3.23. The Kier molecular flexibility index (Phi) is 10.5. The molecule has 108 valence electrons. The molecule has 0 rings (SSSR count). The van der Waals surface area contributed by atoms with Gasteiger partial charge in [-0.3, -0.25) is 4.79 Å². The molecule has 3 nitrogen and oxygen atoms in total. The van der Waals surface area contributed by atoms with E-state index in [1.54, 1.807) is 0 Å². The fourth-order valence-electron chi connectivity index (χ4n) is 1.73. The van der Waals surface area contributed by atoms with Crippen LogP contribution in [0.15, 0.2) is 0 Å². The Labute approximate surface area is 116 Å². The van der Waals surface area contributed by atoms with Crippen LogP contribution in [0.25, 0.3) is 0 Å². The maximum Gasteiger partial charge on any atom is 0.326 e. The Hall–Kier alpha value is -0.220. The third kappa shape index (κ3) is 7.27. The van der Waals surface area contributed by atoms with Gasteiger partial charge in [0.05, 0.1) is 6.61 Å². The summed E-state index contributed by atoms with van der Waals surface area (Å²) in [6, 6.07) is 0. The number of carbonyl (C=O) groups is 1. The lowest BCUT2D eigenvalue weighted by Gasteiger charge is -2.28. The number of thioether (sulfide) groups is 1. The molecule has 0 radical (unpaired) electrons. The number of nitrogens with one attached hydrogen (secondary N) is 1. The molecule has 0 aliphatic heterocycles. The van der Waals surface area contributed by atoms with Crippen molar-refractivity contribution in [3.8, 4) is 0 Å². The van der Waals surface area contributed by atoms with Gasteiger partial charge in [0.1, 0.15) is 5.54 Å². The molecule has 18 heavy (non-hydrogen) atoms. The molecule has 0 bridgehead atoms. The summed E-state index contributed by atoms with van der Waals surface area (Å²) in [5.41, 5.74) is -0.515. The molecule has 1 unspecified atom stereocenters. The number of carbonyl (C=O) groups excluding carboxylic acids is 1. The highest BCUT2D eigenvalue weighted by Gasteiger charge is 2.33. The van der Waals surface area contributed by atoms with Gasteiger partial charge in [-0.15, -0.1) is 0 Å². The standard InChI is InChI=1S/C14H29NO2S/c1-5-10-15-14(4,13(16)17-7-3)9-8-12-18-11-6-2/h15H,5-12H2,1-4H3. The lowest BCUT2D eigenvalue weighted by Crippen LogP contribution is -2.50. The van der Waals surface area contributed by atoms with Crippen LogP contribution in [0.5, 0.6) is 0 Å². The van der Waals surface area contributed by atoms with Gasteiger partial charge < -0.3 is 10.1 Å². The molecule has 0 amide bonds. The van der Waals surface area contributed by atoms with Crippen LogP contribution in [0.1, 0.15) is 53.4 Å².